The second-order valence-corrected chi connectivity index (χ2v) is 8.13. The second-order valence-electron chi connectivity index (χ2n) is 6.12. The van der Waals surface area contributed by atoms with Crippen LogP contribution in [0, 0.1) is 0 Å². The van der Waals surface area contributed by atoms with Gasteiger partial charge in [0.1, 0.15) is 0 Å². The summed E-state index contributed by atoms with van der Waals surface area (Å²) in [4.78, 5) is 12.1. The Kier molecular flexibility index (Phi) is 5.08. The molecule has 1 aliphatic rings. The molecule has 25 heavy (non-hydrogen) atoms. The van der Waals surface area contributed by atoms with Gasteiger partial charge in [-0.15, -0.1) is 0 Å². The molecule has 6 heteroatoms. The zero-order valence-electron chi connectivity index (χ0n) is 14.2. The van der Waals surface area contributed by atoms with E-state index in [0.717, 1.165) is 17.7 Å². The predicted molar refractivity (Wildman–Crippen MR) is 100 cm³/mol. The average molecular weight is 358 g/mol. The van der Waals surface area contributed by atoms with Gasteiger partial charge in [-0.3, -0.25) is 9.10 Å². The van der Waals surface area contributed by atoms with Gasteiger partial charge < -0.3 is 5.32 Å². The van der Waals surface area contributed by atoms with E-state index in [-0.39, 0.29) is 18.1 Å². The molecule has 0 unspecified atom stereocenters. The van der Waals surface area contributed by atoms with E-state index in [2.05, 4.69) is 12.2 Å². The van der Waals surface area contributed by atoms with Crippen LogP contribution in [0.15, 0.2) is 48.5 Å². The Morgan fingerprint density at radius 1 is 1.12 bits per heavy atom. The Labute approximate surface area is 148 Å². The summed E-state index contributed by atoms with van der Waals surface area (Å²) in [7, 11) is -3.50. The van der Waals surface area contributed by atoms with Crippen molar-refractivity contribution in [3.63, 3.8) is 0 Å². The molecule has 1 aliphatic heterocycles. The van der Waals surface area contributed by atoms with Crippen molar-refractivity contribution < 1.29 is 13.2 Å². The van der Waals surface area contributed by atoms with E-state index in [1.54, 1.807) is 0 Å². The van der Waals surface area contributed by atoms with Crippen LogP contribution >= 0.6 is 0 Å². The molecule has 132 valence electrons. The highest BCUT2D eigenvalue weighted by Gasteiger charge is 2.29. The Bertz CT molecular complexity index is 860. The number of nitrogens with zero attached hydrogens (tertiary/aromatic N) is 1. The Morgan fingerprint density at radius 2 is 1.84 bits per heavy atom. The maximum atomic E-state index is 12.6. The van der Waals surface area contributed by atoms with Gasteiger partial charge in [-0.1, -0.05) is 37.3 Å². The molecule has 5 nitrogen and oxygen atoms in total. The number of benzene rings is 2. The molecule has 1 amide bonds. The van der Waals surface area contributed by atoms with Gasteiger partial charge in [0.05, 0.1) is 11.4 Å². The van der Waals surface area contributed by atoms with Crippen molar-refractivity contribution >= 4 is 27.3 Å². The van der Waals surface area contributed by atoms with Crippen LogP contribution < -0.4 is 9.62 Å². The van der Waals surface area contributed by atoms with E-state index in [4.69, 9.17) is 0 Å². The fourth-order valence-corrected chi connectivity index (χ4v) is 4.49. The summed E-state index contributed by atoms with van der Waals surface area (Å²) >= 11 is 0. The molecule has 0 atom stereocenters. The number of carbonyl (C=O) groups excluding carboxylic acids is 1. The molecule has 0 aromatic heterocycles. The quantitative estimate of drug-likeness (QED) is 0.863. The zero-order valence-corrected chi connectivity index (χ0v) is 15.1. The van der Waals surface area contributed by atoms with Crippen molar-refractivity contribution in [3.05, 3.63) is 59.7 Å². The molecule has 0 aliphatic carbocycles. The van der Waals surface area contributed by atoms with Gasteiger partial charge in [-0.2, -0.15) is 0 Å². The van der Waals surface area contributed by atoms with Crippen LogP contribution in [-0.2, 0) is 27.7 Å². The number of anilines is 2. The molecule has 2 aromatic carbocycles. The normalized spacial score (nSPS) is 13.6. The molecule has 0 fully saturated rings. The van der Waals surface area contributed by atoms with Crippen molar-refractivity contribution in [1.29, 1.82) is 0 Å². The first-order chi connectivity index (χ1) is 12.0. The van der Waals surface area contributed by atoms with Crippen LogP contribution in [0.1, 0.15) is 24.5 Å². The third-order valence-electron chi connectivity index (χ3n) is 4.41. The number of hydrogen-bond donors (Lipinski definition) is 1. The number of carbonyl (C=O) groups is 1. The molecule has 0 bridgehead atoms. The van der Waals surface area contributed by atoms with E-state index in [1.165, 1.54) is 9.87 Å². The van der Waals surface area contributed by atoms with Gasteiger partial charge in [-0.05, 0) is 42.2 Å². The van der Waals surface area contributed by atoms with E-state index < -0.39 is 10.0 Å². The molecule has 2 aromatic rings. The molecule has 0 saturated heterocycles. The number of rotatable bonds is 6. The van der Waals surface area contributed by atoms with E-state index in [0.29, 0.717) is 18.7 Å². The lowest BCUT2D eigenvalue weighted by atomic mass is 10.1. The maximum absolute atomic E-state index is 12.6. The minimum Gasteiger partial charge on any atom is -0.326 e. The molecular weight excluding hydrogens is 336 g/mol. The van der Waals surface area contributed by atoms with Gasteiger partial charge in [-0.25, -0.2) is 8.42 Å². The Hall–Kier alpha value is -2.34. The lowest BCUT2D eigenvalue weighted by Gasteiger charge is -2.19. The number of hydrogen-bond acceptors (Lipinski definition) is 3. The molecule has 1 heterocycles. The Morgan fingerprint density at radius 3 is 2.56 bits per heavy atom. The molecule has 3 rings (SSSR count). The molecule has 0 saturated carbocycles. The average Bonchev–Trinajstić information content (AvgIpc) is 3.06. The van der Waals surface area contributed by atoms with Crippen LogP contribution in [-0.4, -0.2) is 26.6 Å². The monoisotopic (exact) mass is 358 g/mol. The van der Waals surface area contributed by atoms with Gasteiger partial charge in [0, 0.05) is 18.7 Å². The van der Waals surface area contributed by atoms with Crippen LogP contribution in [0.2, 0.25) is 0 Å². The summed E-state index contributed by atoms with van der Waals surface area (Å²) < 4.78 is 26.6. The summed E-state index contributed by atoms with van der Waals surface area (Å²) in [5.74, 6) is -0.486. The third-order valence-corrected chi connectivity index (χ3v) is 6.18. The molecule has 0 radical (unpaired) electrons. The van der Waals surface area contributed by atoms with Crippen LogP contribution in [0.5, 0.6) is 0 Å². The van der Waals surface area contributed by atoms with Crippen molar-refractivity contribution in [2.75, 3.05) is 21.9 Å². The lowest BCUT2D eigenvalue weighted by molar-refractivity contribution is -0.115. The fourth-order valence-electron chi connectivity index (χ4n) is 2.98. The maximum Gasteiger partial charge on any atom is 0.235 e. The fraction of sp³-hybridized carbons (Fsp3) is 0.316. The summed E-state index contributed by atoms with van der Waals surface area (Å²) in [5, 5.41) is 2.75. The van der Waals surface area contributed by atoms with Gasteiger partial charge >= 0.3 is 0 Å². The van der Waals surface area contributed by atoms with Crippen LogP contribution in [0.4, 0.5) is 11.4 Å². The van der Waals surface area contributed by atoms with Crippen LogP contribution in [0.3, 0.4) is 0 Å². The van der Waals surface area contributed by atoms with E-state index in [9.17, 15) is 13.2 Å². The molecular formula is C19H22N2O3S. The lowest BCUT2D eigenvalue weighted by Crippen LogP contribution is -2.32. The van der Waals surface area contributed by atoms with Crippen molar-refractivity contribution in [3.8, 4) is 0 Å². The zero-order chi connectivity index (χ0) is 17.9. The molecule has 0 spiro atoms. The first kappa shape index (κ1) is 17.5. The highest BCUT2D eigenvalue weighted by Crippen LogP contribution is 2.30. The first-order valence-corrected chi connectivity index (χ1v) is 10.1. The SMILES string of the molecule is CCc1ccc(NC(=O)CCS(=O)(=O)N2CCc3ccccc32)cc1. The van der Waals surface area contributed by atoms with E-state index >= 15 is 0 Å². The smallest absolute Gasteiger partial charge is 0.235 e. The minimum atomic E-state index is -3.50. The third kappa shape index (κ3) is 4.02. The van der Waals surface area contributed by atoms with Gasteiger partial charge in [0.25, 0.3) is 0 Å². The number of nitrogens with one attached hydrogen (secondary N) is 1. The molecule has 1 N–H and O–H groups in total. The van der Waals surface area contributed by atoms with Gasteiger partial charge in [0.15, 0.2) is 0 Å². The van der Waals surface area contributed by atoms with Crippen molar-refractivity contribution in [2.45, 2.75) is 26.2 Å². The Balaban J connectivity index is 1.59. The predicted octanol–water partition coefficient (Wildman–Crippen LogP) is 2.97. The number of sulfonamides is 1. The van der Waals surface area contributed by atoms with E-state index in [1.807, 2.05) is 48.5 Å². The van der Waals surface area contributed by atoms with Crippen molar-refractivity contribution in [1.82, 2.24) is 0 Å². The second kappa shape index (κ2) is 7.27. The summed E-state index contributed by atoms with van der Waals surface area (Å²) in [6, 6.07) is 15.1. The number of aryl methyl sites for hydroxylation is 1. The highest BCUT2D eigenvalue weighted by molar-refractivity contribution is 7.92. The van der Waals surface area contributed by atoms with Crippen molar-refractivity contribution in [2.24, 2.45) is 0 Å². The number of amides is 1. The van der Waals surface area contributed by atoms with Gasteiger partial charge in [0.2, 0.25) is 15.9 Å². The highest BCUT2D eigenvalue weighted by atomic mass is 32.2. The largest absolute Gasteiger partial charge is 0.326 e. The topological polar surface area (TPSA) is 66.5 Å². The standard InChI is InChI=1S/C19H22N2O3S/c1-2-15-7-9-17(10-8-15)20-19(22)12-14-25(23,24)21-13-11-16-5-3-4-6-18(16)21/h3-10H,2,11-14H2,1H3,(H,20,22). The summed E-state index contributed by atoms with van der Waals surface area (Å²) in [5.41, 5.74) is 3.64. The summed E-state index contributed by atoms with van der Waals surface area (Å²) in [6.45, 7) is 2.51. The summed E-state index contributed by atoms with van der Waals surface area (Å²) in [6.07, 6.45) is 1.59. The first-order valence-electron chi connectivity index (χ1n) is 8.47. The number of fused-ring (bicyclic) bond motifs is 1. The minimum absolute atomic E-state index is 0.0590. The van der Waals surface area contributed by atoms with Crippen LogP contribution in [0.25, 0.3) is 0 Å². The number of para-hydroxylation sites is 1.